The fourth-order valence-electron chi connectivity index (χ4n) is 3.82. The van der Waals surface area contributed by atoms with E-state index in [4.69, 9.17) is 14.7 Å². The fraction of sp³-hybridized carbons (Fsp3) is 0.478. The van der Waals surface area contributed by atoms with Gasteiger partial charge < -0.3 is 15.0 Å². The Morgan fingerprint density at radius 2 is 1.80 bits per heavy atom. The number of aromatic nitrogens is 2. The van der Waals surface area contributed by atoms with Gasteiger partial charge in [-0.3, -0.25) is 9.59 Å². The average molecular weight is 409 g/mol. The highest BCUT2D eigenvalue weighted by molar-refractivity contribution is 5.79. The van der Waals surface area contributed by atoms with Gasteiger partial charge in [0.15, 0.2) is 6.61 Å². The smallest absolute Gasteiger partial charge is 0.260 e. The number of amides is 2. The van der Waals surface area contributed by atoms with Gasteiger partial charge >= 0.3 is 0 Å². The molecular formula is C23H28N4O3. The first-order valence-electron chi connectivity index (χ1n) is 10.6. The second-order valence-corrected chi connectivity index (χ2v) is 8.18. The van der Waals surface area contributed by atoms with Gasteiger partial charge in [0.05, 0.1) is 6.42 Å². The molecular weight excluding hydrogens is 380 g/mol. The van der Waals surface area contributed by atoms with Crippen molar-refractivity contribution in [3.63, 3.8) is 0 Å². The van der Waals surface area contributed by atoms with Crippen molar-refractivity contribution in [2.75, 3.05) is 19.7 Å². The van der Waals surface area contributed by atoms with E-state index in [0.29, 0.717) is 31.3 Å². The van der Waals surface area contributed by atoms with E-state index in [1.165, 1.54) is 0 Å². The minimum Gasteiger partial charge on any atom is -0.484 e. The molecule has 2 heterocycles. The van der Waals surface area contributed by atoms with E-state index < -0.39 is 0 Å². The maximum Gasteiger partial charge on any atom is 0.260 e. The Kier molecular flexibility index (Phi) is 5.97. The van der Waals surface area contributed by atoms with Gasteiger partial charge in [0.2, 0.25) is 5.91 Å². The van der Waals surface area contributed by atoms with Gasteiger partial charge in [-0.1, -0.05) is 18.2 Å². The number of aryl methyl sites for hydroxylation is 2. The van der Waals surface area contributed by atoms with Crippen LogP contribution in [0.25, 0.3) is 0 Å². The van der Waals surface area contributed by atoms with Gasteiger partial charge in [-0.15, -0.1) is 0 Å². The van der Waals surface area contributed by atoms with Crippen molar-refractivity contribution in [3.05, 3.63) is 53.1 Å². The summed E-state index contributed by atoms with van der Waals surface area (Å²) in [4.78, 5) is 35.9. The molecule has 1 N–H and O–H groups in total. The van der Waals surface area contributed by atoms with E-state index >= 15 is 0 Å². The van der Waals surface area contributed by atoms with Crippen LogP contribution in [-0.4, -0.2) is 52.4 Å². The third-order valence-electron chi connectivity index (χ3n) is 5.73. The highest BCUT2D eigenvalue weighted by Gasteiger charge is 2.30. The molecule has 158 valence electrons. The molecule has 1 aromatic heterocycles. The van der Waals surface area contributed by atoms with Crippen LogP contribution in [0, 0.1) is 13.8 Å². The molecule has 7 heteroatoms. The number of rotatable bonds is 7. The summed E-state index contributed by atoms with van der Waals surface area (Å²) in [5.74, 6) is 1.57. The van der Waals surface area contributed by atoms with Crippen molar-refractivity contribution in [2.45, 2.75) is 51.5 Å². The third kappa shape index (κ3) is 4.96. The Morgan fingerprint density at radius 1 is 1.10 bits per heavy atom. The van der Waals surface area contributed by atoms with Crippen LogP contribution in [0.2, 0.25) is 0 Å². The number of carbonyl (C=O) groups is 2. The Hall–Kier alpha value is -2.96. The van der Waals surface area contributed by atoms with Crippen LogP contribution in [0.1, 0.15) is 48.0 Å². The number of ether oxygens (including phenoxy) is 1. The molecule has 7 nitrogen and oxygen atoms in total. The van der Waals surface area contributed by atoms with Crippen LogP contribution < -0.4 is 10.1 Å². The van der Waals surface area contributed by atoms with Crippen LogP contribution in [0.5, 0.6) is 5.75 Å². The zero-order valence-corrected chi connectivity index (χ0v) is 17.6. The molecule has 2 aromatic rings. The zero-order valence-electron chi connectivity index (χ0n) is 17.6. The summed E-state index contributed by atoms with van der Waals surface area (Å²) >= 11 is 0. The van der Waals surface area contributed by atoms with Gasteiger partial charge in [-0.05, 0) is 45.2 Å². The lowest BCUT2D eigenvalue weighted by Crippen LogP contribution is -2.33. The number of carbonyl (C=O) groups excluding carboxylic acids is 2. The van der Waals surface area contributed by atoms with Crippen molar-refractivity contribution in [1.82, 2.24) is 20.2 Å². The Morgan fingerprint density at radius 3 is 2.47 bits per heavy atom. The zero-order chi connectivity index (χ0) is 21.1. The predicted molar refractivity (Wildman–Crippen MR) is 112 cm³/mol. The largest absolute Gasteiger partial charge is 0.484 e. The number of likely N-dealkylation sites (tertiary alicyclic amines) is 1. The lowest BCUT2D eigenvalue weighted by atomic mass is 10.0. The van der Waals surface area contributed by atoms with Gasteiger partial charge in [0, 0.05) is 42.0 Å². The first-order chi connectivity index (χ1) is 14.5. The first kappa shape index (κ1) is 20.3. The predicted octanol–water partition coefficient (Wildman–Crippen LogP) is 2.31. The van der Waals surface area contributed by atoms with Crippen molar-refractivity contribution in [1.29, 1.82) is 0 Å². The average Bonchev–Trinajstić information content (AvgIpc) is 3.40. The van der Waals surface area contributed by atoms with Crippen molar-refractivity contribution >= 4 is 11.8 Å². The van der Waals surface area contributed by atoms with Gasteiger partial charge in [0.1, 0.15) is 11.6 Å². The van der Waals surface area contributed by atoms with Crippen molar-refractivity contribution in [2.24, 2.45) is 0 Å². The molecule has 1 saturated heterocycles. The van der Waals surface area contributed by atoms with E-state index in [-0.39, 0.29) is 24.3 Å². The summed E-state index contributed by atoms with van der Waals surface area (Å²) < 4.78 is 5.58. The minimum absolute atomic E-state index is 0.0248. The Bertz CT molecular complexity index is 904. The van der Waals surface area contributed by atoms with Crippen LogP contribution in [0.4, 0.5) is 0 Å². The third-order valence-corrected chi connectivity index (χ3v) is 5.73. The Balaban J connectivity index is 1.35. The topological polar surface area (TPSA) is 84.4 Å². The van der Waals surface area contributed by atoms with Crippen LogP contribution in [0.3, 0.4) is 0 Å². The van der Waals surface area contributed by atoms with Crippen LogP contribution >= 0.6 is 0 Å². The second-order valence-electron chi connectivity index (χ2n) is 8.18. The van der Waals surface area contributed by atoms with E-state index in [1.54, 1.807) is 0 Å². The number of hydrogen-bond acceptors (Lipinski definition) is 5. The summed E-state index contributed by atoms with van der Waals surface area (Å²) in [6, 6.07) is 9.71. The molecule has 1 aliphatic carbocycles. The fourth-order valence-corrected chi connectivity index (χ4v) is 3.82. The summed E-state index contributed by atoms with van der Waals surface area (Å²) in [5, 5.41) is 3.02. The van der Waals surface area contributed by atoms with Crippen molar-refractivity contribution < 1.29 is 14.3 Å². The molecule has 0 unspecified atom stereocenters. The molecule has 4 rings (SSSR count). The molecule has 1 atom stereocenters. The van der Waals surface area contributed by atoms with Crippen LogP contribution in [0.15, 0.2) is 30.3 Å². The molecule has 1 saturated carbocycles. The van der Waals surface area contributed by atoms with Crippen LogP contribution in [-0.2, 0) is 16.0 Å². The number of hydrogen-bond donors (Lipinski definition) is 1. The van der Waals surface area contributed by atoms with Gasteiger partial charge in [-0.25, -0.2) is 9.97 Å². The molecule has 2 aliphatic rings. The molecule has 1 aliphatic heterocycles. The minimum atomic E-state index is -0.0248. The van der Waals surface area contributed by atoms with E-state index in [9.17, 15) is 9.59 Å². The lowest BCUT2D eigenvalue weighted by Gasteiger charge is -2.17. The molecule has 0 bridgehead atoms. The summed E-state index contributed by atoms with van der Waals surface area (Å²) in [6.07, 6.45) is 3.30. The molecule has 2 amide bonds. The summed E-state index contributed by atoms with van der Waals surface area (Å²) in [6.45, 7) is 5.17. The summed E-state index contributed by atoms with van der Waals surface area (Å²) in [5.41, 5.74) is 2.60. The summed E-state index contributed by atoms with van der Waals surface area (Å²) in [7, 11) is 0. The molecule has 1 aromatic carbocycles. The highest BCUT2D eigenvalue weighted by Crippen LogP contribution is 2.26. The molecule has 2 fully saturated rings. The number of nitrogens with one attached hydrogen (secondary N) is 1. The number of nitrogens with zero attached hydrogens (tertiary/aromatic N) is 3. The number of benzene rings is 1. The molecule has 0 spiro atoms. The maximum absolute atomic E-state index is 12.5. The molecule has 30 heavy (non-hydrogen) atoms. The van der Waals surface area contributed by atoms with Gasteiger partial charge in [0.25, 0.3) is 5.91 Å². The maximum atomic E-state index is 12.5. The first-order valence-corrected chi connectivity index (χ1v) is 10.6. The van der Waals surface area contributed by atoms with Crippen molar-refractivity contribution in [3.8, 4) is 5.75 Å². The normalized spacial score (nSPS) is 18.3. The van der Waals surface area contributed by atoms with E-state index in [0.717, 1.165) is 42.0 Å². The van der Waals surface area contributed by atoms with Gasteiger partial charge in [-0.2, -0.15) is 0 Å². The lowest BCUT2D eigenvalue weighted by molar-refractivity contribution is -0.132. The highest BCUT2D eigenvalue weighted by atomic mass is 16.5. The monoisotopic (exact) mass is 408 g/mol. The second kappa shape index (κ2) is 8.81. The SMILES string of the molecule is Cc1nc([C@@H]2CCN(C(=O)COc3ccccc3)C2)nc(C)c1CC(=O)NC1CC1. The Labute approximate surface area is 176 Å². The standard InChI is InChI=1S/C23H28N4O3/c1-15-20(12-21(28)26-18-8-9-18)16(2)25-23(24-15)17-10-11-27(13-17)22(29)14-30-19-6-4-3-5-7-19/h3-7,17-18H,8-14H2,1-2H3,(H,26,28)/t17-/m1/s1. The number of para-hydroxylation sites is 1. The van der Waals surface area contributed by atoms with E-state index in [2.05, 4.69) is 5.32 Å². The van der Waals surface area contributed by atoms with E-state index in [1.807, 2.05) is 49.1 Å². The quantitative estimate of drug-likeness (QED) is 0.760. The molecule has 0 radical (unpaired) electrons.